The fraction of sp³-hybridized carbons (Fsp3) is 0.0141. The average molecular weight is 1110 g/mol. The number of halogens is 3. The summed E-state index contributed by atoms with van der Waals surface area (Å²) in [5.74, 6) is 0. The summed E-state index contributed by atoms with van der Waals surface area (Å²) in [5.41, 5.74) is 5.36. The molecule has 0 saturated carbocycles. The van der Waals surface area contributed by atoms with Gasteiger partial charge < -0.3 is 9.13 Å². The van der Waals surface area contributed by atoms with Crippen molar-refractivity contribution in [2.24, 2.45) is 0 Å². The third kappa shape index (κ3) is 8.64. The van der Waals surface area contributed by atoms with Gasteiger partial charge in [-0.1, -0.05) is 54.6 Å². The molecule has 0 spiro atoms. The Labute approximate surface area is 487 Å². The number of alkyl halides is 3. The topological polar surface area (TPSA) is 248 Å². The largest absolute Gasteiger partial charge is 0.417 e. The lowest BCUT2D eigenvalue weighted by atomic mass is 9.90. The van der Waals surface area contributed by atoms with Crippen LogP contribution in [0, 0.1) is 113 Å². The highest BCUT2D eigenvalue weighted by atomic mass is 19.4. The van der Waals surface area contributed by atoms with Gasteiger partial charge in [-0.05, 0) is 166 Å². The molecule has 0 fully saturated rings. The molecule has 2 heterocycles. The second kappa shape index (κ2) is 20.9. The van der Waals surface area contributed by atoms with Gasteiger partial charge in [0.05, 0.1) is 155 Å². The number of aromatic nitrogens is 2. The average Bonchev–Trinajstić information content (AvgIpc) is 1.55. The first-order valence-electron chi connectivity index (χ1n) is 25.9. The Hall–Kier alpha value is -13.5. The van der Waals surface area contributed by atoms with Gasteiger partial charge in [0.25, 0.3) is 0 Å². The highest BCUT2D eigenvalue weighted by Gasteiger charge is 2.37. The molecule has 86 heavy (non-hydrogen) atoms. The Kier molecular flexibility index (Phi) is 12.9. The summed E-state index contributed by atoms with van der Waals surface area (Å²) in [5, 5.41) is 105. The highest BCUT2D eigenvalue weighted by Crippen LogP contribution is 2.49. The quantitative estimate of drug-likeness (QED) is 0.146. The predicted molar refractivity (Wildman–Crippen MR) is 314 cm³/mol. The van der Waals surface area contributed by atoms with Gasteiger partial charge in [0.1, 0.15) is 0 Å². The Bertz CT molecular complexity index is 4930. The van der Waals surface area contributed by atoms with Crippen molar-refractivity contribution in [3.8, 4) is 128 Å². The lowest BCUT2D eigenvalue weighted by Crippen LogP contribution is -2.12. The van der Waals surface area contributed by atoms with Gasteiger partial charge in [0, 0.05) is 32.7 Å². The molecule has 15 heteroatoms. The minimum Gasteiger partial charge on any atom is -0.308 e. The predicted octanol–water partition coefficient (Wildman–Crippen LogP) is 16.0. The van der Waals surface area contributed by atoms with Gasteiger partial charge in [-0.2, -0.15) is 65.8 Å². The smallest absolute Gasteiger partial charge is 0.308 e. The van der Waals surface area contributed by atoms with Crippen molar-refractivity contribution in [1.82, 2.24) is 9.13 Å². The van der Waals surface area contributed by atoms with Crippen molar-refractivity contribution < 1.29 is 13.2 Å². The Morgan fingerprint density at radius 1 is 0.279 bits per heavy atom. The van der Waals surface area contributed by atoms with Crippen LogP contribution < -0.4 is 0 Å². The Balaban J connectivity index is 1.25. The number of hydrogen-bond donors (Lipinski definition) is 0. The normalized spacial score (nSPS) is 10.8. The molecular weight excluding hydrogens is 1080 g/mol. The molecule has 0 saturated heterocycles. The summed E-state index contributed by atoms with van der Waals surface area (Å²) < 4.78 is 51.7. The molecule has 0 N–H and O–H groups in total. The van der Waals surface area contributed by atoms with Crippen molar-refractivity contribution >= 4 is 43.6 Å². The second-order valence-corrected chi connectivity index (χ2v) is 19.9. The van der Waals surface area contributed by atoms with Crippen LogP contribution in [0.5, 0.6) is 0 Å². The van der Waals surface area contributed by atoms with Gasteiger partial charge in [-0.3, -0.25) is 0 Å². The van der Waals surface area contributed by atoms with E-state index in [0.717, 1.165) is 12.1 Å². The number of rotatable bonds is 7. The lowest BCUT2D eigenvalue weighted by molar-refractivity contribution is -0.137. The van der Waals surface area contributed by atoms with Crippen LogP contribution in [0.3, 0.4) is 0 Å². The monoisotopic (exact) mass is 1110 g/mol. The van der Waals surface area contributed by atoms with Crippen LogP contribution in [0.2, 0.25) is 0 Å². The van der Waals surface area contributed by atoms with E-state index in [-0.39, 0.29) is 72.6 Å². The van der Waals surface area contributed by atoms with Crippen LogP contribution in [0.1, 0.15) is 61.2 Å². The first-order chi connectivity index (χ1) is 41.8. The Morgan fingerprint density at radius 3 is 0.849 bits per heavy atom. The molecule has 0 unspecified atom stereocenters. The van der Waals surface area contributed by atoms with Crippen LogP contribution in [0.15, 0.2) is 176 Å². The highest BCUT2D eigenvalue weighted by molar-refractivity contribution is 6.15. The summed E-state index contributed by atoms with van der Waals surface area (Å²) in [6.07, 6.45) is -5.07. The molecular formula is C71H29F3N12. The SMILES string of the molecule is N#Cc1ccc(-c2ccc3c(c2)c2cc(-c4ccc(C#N)cc4C#N)ccc2n3-c2cc(C#N)cc(-n3c4ccc(-c5ccc(C#N)cc5C#N)cc4c4cc(-c5ccc(C#N)cc5C#N)ccc43)c2-c2c(C#N)cccc2C(F)(F)F)c(C#N)c1. The summed E-state index contributed by atoms with van der Waals surface area (Å²) in [4.78, 5) is 0. The van der Waals surface area contributed by atoms with E-state index in [1.54, 1.807) is 106 Å². The van der Waals surface area contributed by atoms with Crippen molar-refractivity contribution in [3.63, 3.8) is 0 Å². The number of nitriles is 10. The molecule has 12 nitrogen and oxygen atoms in total. The zero-order valence-corrected chi connectivity index (χ0v) is 44.2. The zero-order valence-electron chi connectivity index (χ0n) is 44.2. The second-order valence-electron chi connectivity index (χ2n) is 19.9. The zero-order chi connectivity index (χ0) is 60.1. The number of hydrogen-bond acceptors (Lipinski definition) is 10. The van der Waals surface area contributed by atoms with Gasteiger partial charge >= 0.3 is 6.18 Å². The molecule has 0 aliphatic rings. The van der Waals surface area contributed by atoms with Crippen molar-refractivity contribution in [3.05, 3.63) is 237 Å². The standard InChI is InChI=1S/C71H29F3N12/c72-71(73,74)62-3-1-2-49(35-80)69(62)70-67(85-63-16-8-45(54-12-4-40(30-75)20-50(54)36-81)26-58(63)59-27-46(9-17-64(59)85)55-13-5-41(31-76)21-51(55)37-82)24-44(34-79)25-68(70)86-65-18-10-47(56-14-6-42(32-77)22-52(56)38-83)28-60(65)61-29-48(11-19-66(61)86)57-15-7-43(33-78)23-53(57)39-84/h1-29H. The molecule has 12 aromatic rings. The van der Waals surface area contributed by atoms with Crippen LogP contribution >= 0.6 is 0 Å². The Morgan fingerprint density at radius 2 is 0.581 bits per heavy atom. The molecule has 2 aromatic heterocycles. The molecule has 0 aliphatic carbocycles. The summed E-state index contributed by atoms with van der Waals surface area (Å²) >= 11 is 0. The van der Waals surface area contributed by atoms with E-state index in [1.807, 2.05) is 30.3 Å². The van der Waals surface area contributed by atoms with E-state index in [9.17, 15) is 52.6 Å². The fourth-order valence-electron chi connectivity index (χ4n) is 11.5. The van der Waals surface area contributed by atoms with E-state index in [0.29, 0.717) is 88.1 Å². The van der Waals surface area contributed by atoms with Crippen molar-refractivity contribution in [2.75, 3.05) is 0 Å². The van der Waals surface area contributed by atoms with Crippen LogP contribution in [0.25, 0.3) is 111 Å². The molecule has 0 radical (unpaired) electrons. The van der Waals surface area contributed by atoms with Gasteiger partial charge in [0.15, 0.2) is 0 Å². The number of benzene rings is 10. The molecule has 0 atom stereocenters. The third-order valence-corrected chi connectivity index (χ3v) is 15.3. The van der Waals surface area contributed by atoms with E-state index in [4.69, 9.17) is 0 Å². The molecule has 0 bridgehead atoms. The van der Waals surface area contributed by atoms with Gasteiger partial charge in [-0.15, -0.1) is 0 Å². The first kappa shape index (κ1) is 53.1. The lowest BCUT2D eigenvalue weighted by Gasteiger charge is -2.24. The maximum absolute atomic E-state index is 16.1. The first-order valence-corrected chi connectivity index (χ1v) is 25.9. The molecule has 394 valence electrons. The molecule has 0 aliphatic heterocycles. The van der Waals surface area contributed by atoms with Gasteiger partial charge in [0.2, 0.25) is 0 Å². The van der Waals surface area contributed by atoms with Crippen molar-refractivity contribution in [2.45, 2.75) is 6.18 Å². The van der Waals surface area contributed by atoms with E-state index >= 15 is 13.2 Å². The fourth-order valence-corrected chi connectivity index (χ4v) is 11.5. The van der Waals surface area contributed by atoms with Crippen LogP contribution in [-0.4, -0.2) is 9.13 Å². The summed E-state index contributed by atoms with van der Waals surface area (Å²) in [7, 11) is 0. The van der Waals surface area contributed by atoms with Crippen molar-refractivity contribution in [1.29, 1.82) is 52.6 Å². The van der Waals surface area contributed by atoms with Crippen LogP contribution in [0.4, 0.5) is 13.2 Å². The minimum absolute atomic E-state index is 0.00629. The number of fused-ring (bicyclic) bond motifs is 6. The van der Waals surface area contributed by atoms with Crippen LogP contribution in [-0.2, 0) is 6.18 Å². The van der Waals surface area contributed by atoms with E-state index < -0.39 is 17.3 Å². The minimum atomic E-state index is -5.07. The summed E-state index contributed by atoms with van der Waals surface area (Å²) in [6.45, 7) is 0. The molecule has 0 amide bonds. The van der Waals surface area contributed by atoms with E-state index in [1.165, 1.54) is 42.5 Å². The maximum Gasteiger partial charge on any atom is 0.417 e. The van der Waals surface area contributed by atoms with E-state index in [2.05, 4.69) is 54.6 Å². The third-order valence-electron chi connectivity index (χ3n) is 15.3. The molecule has 12 rings (SSSR count). The van der Waals surface area contributed by atoms with Gasteiger partial charge in [-0.25, -0.2) is 0 Å². The maximum atomic E-state index is 16.1. The number of nitrogens with zero attached hydrogens (tertiary/aromatic N) is 12. The summed E-state index contributed by atoms with van der Waals surface area (Å²) in [6, 6.07) is 67.3. The molecule has 10 aromatic carbocycles.